The van der Waals surface area contributed by atoms with E-state index < -0.39 is 0 Å². The van der Waals surface area contributed by atoms with Gasteiger partial charge >= 0.3 is 0 Å². The monoisotopic (exact) mass is 153 g/mol. The summed E-state index contributed by atoms with van der Waals surface area (Å²) in [6, 6.07) is 0.573. The van der Waals surface area contributed by atoms with Gasteiger partial charge in [0, 0.05) is 19.0 Å². The lowest BCUT2D eigenvalue weighted by Gasteiger charge is -2.23. The molecule has 2 aliphatic rings. The molecule has 1 aliphatic heterocycles. The second-order valence-electron chi connectivity index (χ2n) is 4.00. The van der Waals surface area contributed by atoms with Crippen LogP contribution in [0.2, 0.25) is 0 Å². The highest BCUT2D eigenvalue weighted by Gasteiger charge is 2.43. The minimum absolute atomic E-state index is 0.360. The van der Waals surface area contributed by atoms with Crippen LogP contribution in [0.1, 0.15) is 26.2 Å². The second-order valence-corrected chi connectivity index (χ2v) is 4.00. The van der Waals surface area contributed by atoms with Crippen LogP contribution in [0, 0.1) is 11.8 Å². The molecule has 3 atom stereocenters. The first kappa shape index (κ1) is 7.14. The minimum atomic E-state index is 0.360. The van der Waals surface area contributed by atoms with Gasteiger partial charge in [-0.2, -0.15) is 0 Å². The zero-order valence-electron chi connectivity index (χ0n) is 7.21. The second kappa shape index (κ2) is 2.23. The zero-order chi connectivity index (χ0) is 8.01. The summed E-state index contributed by atoms with van der Waals surface area (Å²) in [5.74, 6) is 1.38. The summed E-state index contributed by atoms with van der Waals surface area (Å²) in [6.45, 7) is 2.21. The smallest absolute Gasteiger partial charge is 0.226 e. The first-order valence-electron chi connectivity index (χ1n) is 4.47. The van der Waals surface area contributed by atoms with Crippen LogP contribution in [-0.4, -0.2) is 23.9 Å². The molecule has 0 N–H and O–H groups in total. The lowest BCUT2D eigenvalue weighted by molar-refractivity contribution is -0.131. The van der Waals surface area contributed by atoms with Gasteiger partial charge in [0.2, 0.25) is 5.91 Å². The fourth-order valence-electron chi connectivity index (χ4n) is 2.44. The minimum Gasteiger partial charge on any atom is -0.343 e. The van der Waals surface area contributed by atoms with Gasteiger partial charge in [-0.15, -0.1) is 0 Å². The van der Waals surface area contributed by atoms with Crippen LogP contribution >= 0.6 is 0 Å². The number of fused-ring (bicyclic) bond motifs is 2. The summed E-state index contributed by atoms with van der Waals surface area (Å²) in [5.41, 5.74) is 0. The predicted molar refractivity (Wildman–Crippen MR) is 43.1 cm³/mol. The van der Waals surface area contributed by atoms with Crippen LogP contribution in [0.4, 0.5) is 0 Å². The molecule has 2 fully saturated rings. The number of hydrogen-bond donors (Lipinski definition) is 0. The molecule has 2 rings (SSSR count). The van der Waals surface area contributed by atoms with Crippen molar-refractivity contribution >= 4 is 5.91 Å². The van der Waals surface area contributed by atoms with Gasteiger partial charge in [-0.25, -0.2) is 0 Å². The fourth-order valence-corrected chi connectivity index (χ4v) is 2.44. The van der Waals surface area contributed by atoms with Crippen LogP contribution in [0.3, 0.4) is 0 Å². The van der Waals surface area contributed by atoms with E-state index >= 15 is 0 Å². The molecule has 0 aromatic rings. The number of amides is 1. The average molecular weight is 153 g/mol. The normalized spacial score (nSPS) is 43.3. The Labute approximate surface area is 67.6 Å². The van der Waals surface area contributed by atoms with E-state index in [-0.39, 0.29) is 0 Å². The largest absolute Gasteiger partial charge is 0.343 e. The van der Waals surface area contributed by atoms with Crippen LogP contribution in [-0.2, 0) is 4.79 Å². The van der Waals surface area contributed by atoms with Gasteiger partial charge in [0.05, 0.1) is 0 Å². The van der Waals surface area contributed by atoms with Crippen molar-refractivity contribution in [1.29, 1.82) is 0 Å². The third kappa shape index (κ3) is 0.883. The van der Waals surface area contributed by atoms with E-state index in [9.17, 15) is 4.79 Å². The Morgan fingerprint density at radius 3 is 2.82 bits per heavy atom. The number of carbonyl (C=O) groups excluding carboxylic acids is 1. The molecule has 1 saturated heterocycles. The van der Waals surface area contributed by atoms with E-state index in [4.69, 9.17) is 0 Å². The molecule has 0 unspecified atom stereocenters. The van der Waals surface area contributed by atoms with E-state index in [2.05, 4.69) is 6.92 Å². The van der Waals surface area contributed by atoms with Crippen molar-refractivity contribution < 1.29 is 4.79 Å². The summed E-state index contributed by atoms with van der Waals surface area (Å²) in [4.78, 5) is 13.5. The molecule has 0 spiro atoms. The molecule has 2 bridgehead atoms. The van der Waals surface area contributed by atoms with Gasteiger partial charge in [-0.05, 0) is 25.2 Å². The standard InChI is InChI=1S/C9H15NO/c1-6-3-4-7-5-8(6)9(11)10(7)2/h6-8H,3-5H2,1-2H3/t6-,7-,8-/m0/s1. The summed E-state index contributed by atoms with van der Waals surface area (Å²) in [5, 5.41) is 0. The van der Waals surface area contributed by atoms with Crippen LogP contribution in [0.15, 0.2) is 0 Å². The van der Waals surface area contributed by atoms with Crippen molar-refractivity contribution in [3.05, 3.63) is 0 Å². The SMILES string of the molecule is C[C@H]1CC[C@H]2C[C@@H]1C(=O)N2C. The quantitative estimate of drug-likeness (QED) is 0.513. The lowest BCUT2D eigenvalue weighted by atomic mass is 9.81. The number of likely N-dealkylation sites (tertiary alicyclic amines) is 1. The third-order valence-corrected chi connectivity index (χ3v) is 3.38. The Balaban J connectivity index is 2.22. The maximum atomic E-state index is 11.5. The first-order chi connectivity index (χ1) is 5.20. The molecular formula is C9H15NO. The Morgan fingerprint density at radius 1 is 1.45 bits per heavy atom. The maximum Gasteiger partial charge on any atom is 0.226 e. The Morgan fingerprint density at radius 2 is 2.18 bits per heavy atom. The molecule has 0 radical (unpaired) electrons. The predicted octanol–water partition coefficient (Wildman–Crippen LogP) is 1.26. The third-order valence-electron chi connectivity index (χ3n) is 3.38. The van der Waals surface area contributed by atoms with E-state index in [1.165, 1.54) is 12.8 Å². The summed E-state index contributed by atoms with van der Waals surface area (Å²) in [6.07, 6.45) is 3.59. The molecular weight excluding hydrogens is 138 g/mol. The highest BCUT2D eigenvalue weighted by molar-refractivity contribution is 5.81. The molecule has 0 aromatic heterocycles. The number of rotatable bonds is 0. The van der Waals surface area contributed by atoms with Crippen molar-refractivity contribution in [2.24, 2.45) is 11.8 Å². The average Bonchev–Trinajstić information content (AvgIpc) is 2.24. The highest BCUT2D eigenvalue weighted by atomic mass is 16.2. The summed E-state index contributed by atoms with van der Waals surface area (Å²) >= 11 is 0. The van der Waals surface area contributed by atoms with E-state index in [0.717, 1.165) is 6.42 Å². The van der Waals surface area contributed by atoms with Crippen molar-refractivity contribution in [3.63, 3.8) is 0 Å². The number of hydrogen-bond acceptors (Lipinski definition) is 1. The molecule has 0 aromatic carbocycles. The fraction of sp³-hybridized carbons (Fsp3) is 0.889. The van der Waals surface area contributed by atoms with Gasteiger partial charge in [0.25, 0.3) is 0 Å². The van der Waals surface area contributed by atoms with Crippen molar-refractivity contribution in [2.45, 2.75) is 32.2 Å². The van der Waals surface area contributed by atoms with Gasteiger partial charge < -0.3 is 4.90 Å². The summed E-state index contributed by atoms with van der Waals surface area (Å²) < 4.78 is 0. The molecule has 1 amide bonds. The molecule has 11 heavy (non-hydrogen) atoms. The zero-order valence-corrected chi connectivity index (χ0v) is 7.21. The van der Waals surface area contributed by atoms with Gasteiger partial charge in [-0.3, -0.25) is 4.79 Å². The lowest BCUT2D eigenvalue weighted by Crippen LogP contribution is -2.27. The van der Waals surface area contributed by atoms with Crippen molar-refractivity contribution in [3.8, 4) is 0 Å². The van der Waals surface area contributed by atoms with Crippen LogP contribution < -0.4 is 0 Å². The number of carbonyl (C=O) groups is 1. The highest BCUT2D eigenvalue weighted by Crippen LogP contribution is 2.38. The van der Waals surface area contributed by atoms with Crippen molar-refractivity contribution in [2.75, 3.05) is 7.05 Å². The maximum absolute atomic E-state index is 11.5. The van der Waals surface area contributed by atoms with E-state index in [1.54, 1.807) is 0 Å². The summed E-state index contributed by atoms with van der Waals surface area (Å²) in [7, 11) is 1.95. The van der Waals surface area contributed by atoms with Crippen LogP contribution in [0.5, 0.6) is 0 Å². The number of nitrogens with zero attached hydrogens (tertiary/aromatic N) is 1. The van der Waals surface area contributed by atoms with Gasteiger partial charge in [0.1, 0.15) is 0 Å². The van der Waals surface area contributed by atoms with Crippen molar-refractivity contribution in [1.82, 2.24) is 4.90 Å². The molecule has 1 heterocycles. The Hall–Kier alpha value is -0.530. The Bertz CT molecular complexity index is 190. The van der Waals surface area contributed by atoms with Gasteiger partial charge in [0.15, 0.2) is 0 Å². The van der Waals surface area contributed by atoms with E-state index in [0.29, 0.717) is 23.8 Å². The molecule has 2 nitrogen and oxygen atoms in total. The van der Waals surface area contributed by atoms with Gasteiger partial charge in [-0.1, -0.05) is 6.92 Å². The van der Waals surface area contributed by atoms with Crippen LogP contribution in [0.25, 0.3) is 0 Å². The molecule has 1 saturated carbocycles. The van der Waals surface area contributed by atoms with E-state index in [1.807, 2.05) is 11.9 Å². The first-order valence-corrected chi connectivity index (χ1v) is 4.47. The molecule has 2 heteroatoms. The molecule has 1 aliphatic carbocycles. The Kier molecular flexibility index (Phi) is 1.44. The molecule has 62 valence electrons. The topological polar surface area (TPSA) is 20.3 Å².